The summed E-state index contributed by atoms with van der Waals surface area (Å²) >= 11 is 1.84. The molecular weight excluding hydrogens is 248 g/mol. The number of thioether (sulfide) groups is 1. The molecule has 0 saturated carbocycles. The van der Waals surface area contributed by atoms with E-state index in [1.165, 1.54) is 11.3 Å². The normalized spacial score (nSPS) is 22.7. The van der Waals surface area contributed by atoms with Crippen molar-refractivity contribution < 1.29 is 9.59 Å². The van der Waals surface area contributed by atoms with Gasteiger partial charge in [-0.05, 0) is 36.8 Å². The summed E-state index contributed by atoms with van der Waals surface area (Å²) in [7, 11) is 0. The maximum atomic E-state index is 12.2. The van der Waals surface area contributed by atoms with Crippen molar-refractivity contribution in [2.45, 2.75) is 18.1 Å². The molecule has 18 heavy (non-hydrogen) atoms. The monoisotopic (exact) mass is 262 g/mol. The van der Waals surface area contributed by atoms with Gasteiger partial charge in [0, 0.05) is 17.5 Å². The summed E-state index contributed by atoms with van der Waals surface area (Å²) in [5, 5.41) is 0.393. The number of imide groups is 1. The number of amides is 2. The average Bonchev–Trinajstić information content (AvgIpc) is 2.93. The van der Waals surface area contributed by atoms with Gasteiger partial charge in [0.2, 0.25) is 0 Å². The molecule has 1 aromatic carbocycles. The number of nitrogens with two attached hydrogens (primary N) is 1. The highest BCUT2D eigenvalue weighted by Gasteiger charge is 2.37. The fourth-order valence-corrected chi connectivity index (χ4v) is 3.72. The molecule has 0 bridgehead atoms. The van der Waals surface area contributed by atoms with Gasteiger partial charge in [-0.1, -0.05) is 0 Å². The lowest BCUT2D eigenvalue weighted by Gasteiger charge is -2.17. The molecule has 0 aromatic heterocycles. The van der Waals surface area contributed by atoms with Gasteiger partial charge >= 0.3 is 0 Å². The second-order valence-electron chi connectivity index (χ2n) is 4.66. The molecule has 2 aliphatic rings. The van der Waals surface area contributed by atoms with Crippen LogP contribution in [-0.2, 0) is 0 Å². The maximum absolute atomic E-state index is 12.2. The van der Waals surface area contributed by atoms with Gasteiger partial charge < -0.3 is 5.73 Å². The van der Waals surface area contributed by atoms with E-state index in [2.05, 4.69) is 0 Å². The number of nitrogen functional groups attached to an aromatic ring is 1. The number of carbonyl (C=O) groups excluding carboxylic acids is 2. The van der Waals surface area contributed by atoms with Crippen molar-refractivity contribution in [3.63, 3.8) is 0 Å². The highest BCUT2D eigenvalue weighted by Crippen LogP contribution is 2.30. The van der Waals surface area contributed by atoms with Gasteiger partial charge in [-0.2, -0.15) is 11.8 Å². The van der Waals surface area contributed by atoms with Crippen molar-refractivity contribution in [1.29, 1.82) is 0 Å². The van der Waals surface area contributed by atoms with Crippen molar-refractivity contribution in [3.05, 3.63) is 29.3 Å². The third-order valence-electron chi connectivity index (χ3n) is 3.40. The Kier molecular flexibility index (Phi) is 2.78. The molecule has 1 atom stereocenters. The number of carbonyl (C=O) groups is 2. The van der Waals surface area contributed by atoms with Gasteiger partial charge in [-0.25, -0.2) is 0 Å². The first-order valence-corrected chi connectivity index (χ1v) is 7.09. The Hall–Kier alpha value is -1.49. The molecule has 0 radical (unpaired) electrons. The molecule has 2 aliphatic heterocycles. The summed E-state index contributed by atoms with van der Waals surface area (Å²) in [6.07, 6.45) is 2.26. The van der Waals surface area contributed by atoms with Gasteiger partial charge in [0.15, 0.2) is 0 Å². The van der Waals surface area contributed by atoms with Crippen LogP contribution in [0.1, 0.15) is 33.6 Å². The van der Waals surface area contributed by atoms with E-state index >= 15 is 0 Å². The zero-order valence-corrected chi connectivity index (χ0v) is 10.7. The van der Waals surface area contributed by atoms with Gasteiger partial charge in [-0.3, -0.25) is 14.5 Å². The van der Waals surface area contributed by atoms with Crippen molar-refractivity contribution in [2.24, 2.45) is 0 Å². The van der Waals surface area contributed by atoms with Crippen LogP contribution < -0.4 is 5.73 Å². The van der Waals surface area contributed by atoms with Gasteiger partial charge in [0.25, 0.3) is 11.8 Å². The van der Waals surface area contributed by atoms with E-state index in [1.54, 1.807) is 18.2 Å². The number of hydrogen-bond acceptors (Lipinski definition) is 4. The number of nitrogens with zero attached hydrogens (tertiary/aromatic N) is 1. The van der Waals surface area contributed by atoms with Crippen LogP contribution in [0.4, 0.5) is 5.69 Å². The maximum Gasteiger partial charge on any atom is 0.261 e. The molecule has 1 saturated heterocycles. The number of benzene rings is 1. The minimum atomic E-state index is -0.199. The third kappa shape index (κ3) is 1.79. The topological polar surface area (TPSA) is 63.4 Å². The SMILES string of the molecule is Nc1ccc2c(c1)C(=O)N(CC1CCCS1)C2=O. The number of anilines is 1. The van der Waals surface area contributed by atoms with Crippen molar-refractivity contribution in [3.8, 4) is 0 Å². The Bertz CT molecular complexity index is 524. The summed E-state index contributed by atoms with van der Waals surface area (Å²) in [4.78, 5) is 25.7. The van der Waals surface area contributed by atoms with E-state index in [1.807, 2.05) is 11.8 Å². The fraction of sp³-hybridized carbons (Fsp3) is 0.385. The first kappa shape index (κ1) is 11.6. The van der Waals surface area contributed by atoms with Gasteiger partial charge in [-0.15, -0.1) is 0 Å². The molecule has 94 valence electrons. The Morgan fingerprint density at radius 1 is 1.28 bits per heavy atom. The van der Waals surface area contributed by atoms with Crippen molar-refractivity contribution in [1.82, 2.24) is 4.90 Å². The smallest absolute Gasteiger partial charge is 0.261 e. The fourth-order valence-electron chi connectivity index (χ4n) is 2.47. The van der Waals surface area contributed by atoms with Crippen LogP contribution in [0.2, 0.25) is 0 Å². The zero-order valence-electron chi connectivity index (χ0n) is 9.89. The number of fused-ring (bicyclic) bond motifs is 1. The second kappa shape index (κ2) is 4.31. The Labute approximate surface area is 110 Å². The lowest BCUT2D eigenvalue weighted by atomic mass is 10.1. The van der Waals surface area contributed by atoms with E-state index in [0.717, 1.165) is 12.2 Å². The quantitative estimate of drug-likeness (QED) is 0.651. The Morgan fingerprint density at radius 3 is 2.78 bits per heavy atom. The Balaban J connectivity index is 1.87. The lowest BCUT2D eigenvalue weighted by Crippen LogP contribution is -2.35. The van der Waals surface area contributed by atoms with E-state index in [0.29, 0.717) is 28.6 Å². The van der Waals surface area contributed by atoms with Gasteiger partial charge in [0.1, 0.15) is 0 Å². The highest BCUT2D eigenvalue weighted by atomic mass is 32.2. The largest absolute Gasteiger partial charge is 0.399 e. The molecule has 2 N–H and O–H groups in total. The predicted molar refractivity (Wildman–Crippen MR) is 71.7 cm³/mol. The summed E-state index contributed by atoms with van der Waals surface area (Å²) < 4.78 is 0. The molecule has 4 nitrogen and oxygen atoms in total. The second-order valence-corrected chi connectivity index (χ2v) is 6.07. The Morgan fingerprint density at radius 2 is 2.06 bits per heavy atom. The van der Waals surface area contributed by atoms with E-state index in [9.17, 15) is 9.59 Å². The summed E-state index contributed by atoms with van der Waals surface area (Å²) in [5.74, 6) is 0.748. The summed E-state index contributed by atoms with van der Waals surface area (Å²) in [5.41, 5.74) is 7.11. The lowest BCUT2D eigenvalue weighted by molar-refractivity contribution is 0.0654. The van der Waals surface area contributed by atoms with Crippen molar-refractivity contribution >= 4 is 29.3 Å². The van der Waals surface area contributed by atoms with Crippen molar-refractivity contribution in [2.75, 3.05) is 18.0 Å². The van der Waals surface area contributed by atoms with Gasteiger partial charge in [0.05, 0.1) is 11.1 Å². The molecule has 2 amide bonds. The van der Waals surface area contributed by atoms with E-state index < -0.39 is 0 Å². The first-order valence-electron chi connectivity index (χ1n) is 6.04. The first-order chi connectivity index (χ1) is 8.66. The standard InChI is InChI=1S/C13H14N2O2S/c14-8-3-4-10-11(6-8)13(17)15(12(10)16)7-9-2-1-5-18-9/h3-4,6,9H,1-2,5,7,14H2. The van der Waals surface area contributed by atoms with E-state index in [4.69, 9.17) is 5.73 Å². The molecule has 2 heterocycles. The molecule has 1 unspecified atom stereocenters. The average molecular weight is 262 g/mol. The zero-order chi connectivity index (χ0) is 12.7. The molecule has 1 fully saturated rings. The summed E-state index contributed by atoms with van der Waals surface area (Å²) in [6, 6.07) is 4.90. The molecule has 0 aliphatic carbocycles. The third-order valence-corrected chi connectivity index (χ3v) is 4.79. The van der Waals surface area contributed by atoms with Crippen LogP contribution in [0.5, 0.6) is 0 Å². The molecule has 1 aromatic rings. The van der Waals surface area contributed by atoms with Crippen LogP contribution in [0, 0.1) is 0 Å². The number of hydrogen-bond donors (Lipinski definition) is 1. The molecule has 0 spiro atoms. The predicted octanol–water partition coefficient (Wildman–Crippen LogP) is 1.76. The molecular formula is C13H14N2O2S. The van der Waals surface area contributed by atoms with E-state index in [-0.39, 0.29) is 11.8 Å². The van der Waals surface area contributed by atoms with Crippen LogP contribution >= 0.6 is 11.8 Å². The number of rotatable bonds is 2. The summed E-state index contributed by atoms with van der Waals surface area (Å²) in [6.45, 7) is 0.525. The van der Waals surface area contributed by atoms with Crippen LogP contribution in [-0.4, -0.2) is 34.3 Å². The van der Waals surface area contributed by atoms with Crippen LogP contribution in [0.15, 0.2) is 18.2 Å². The molecule has 3 rings (SSSR count). The van der Waals surface area contributed by atoms with Crippen LogP contribution in [0.3, 0.4) is 0 Å². The minimum absolute atomic E-state index is 0.178. The highest BCUT2D eigenvalue weighted by molar-refractivity contribution is 8.00. The molecule has 5 heteroatoms. The minimum Gasteiger partial charge on any atom is -0.399 e. The van der Waals surface area contributed by atoms with Crippen LogP contribution in [0.25, 0.3) is 0 Å².